The fourth-order valence-electron chi connectivity index (χ4n) is 3.54. The van der Waals surface area contributed by atoms with Crippen LogP contribution in [0.25, 0.3) is 0 Å². The van der Waals surface area contributed by atoms with Crippen LogP contribution in [0, 0.1) is 0 Å². The van der Waals surface area contributed by atoms with Crippen molar-refractivity contribution in [1.82, 2.24) is 0 Å². The highest BCUT2D eigenvalue weighted by Gasteiger charge is 2.67. The molecule has 0 aromatic carbocycles. The summed E-state index contributed by atoms with van der Waals surface area (Å²) >= 11 is 5.14. The molecule has 0 saturated carbocycles. The molecular formula is C15H21BBrNO4S. The Morgan fingerprint density at radius 3 is 2.48 bits per heavy atom. The fraction of sp³-hybridized carbons (Fsp3) is 0.600. The van der Waals surface area contributed by atoms with Crippen LogP contribution in [0.15, 0.2) is 9.85 Å². The number of carbonyl (C=O) groups is 2. The van der Waals surface area contributed by atoms with E-state index in [1.54, 1.807) is 0 Å². The molecule has 126 valence electrons. The third-order valence-corrected chi connectivity index (χ3v) is 6.91. The maximum atomic E-state index is 11.9. The van der Waals surface area contributed by atoms with Crippen LogP contribution in [0.5, 0.6) is 0 Å². The largest absolute Gasteiger partial charge is 0.624 e. The Balaban J connectivity index is 1.86. The van der Waals surface area contributed by atoms with Gasteiger partial charge in [-0.05, 0) is 34.3 Å². The molecule has 1 aromatic heterocycles. The SMILES string of the molecule is CCCCCCc1cc([B-]23OC(=O)C[N+]2(C)CC(=O)O3)sc1Br. The van der Waals surface area contributed by atoms with Gasteiger partial charge in [-0.25, -0.2) is 0 Å². The number of nitrogens with zero attached hydrogens (tertiary/aromatic N) is 1. The Morgan fingerprint density at radius 2 is 1.87 bits per heavy atom. The van der Waals surface area contributed by atoms with E-state index in [0.29, 0.717) is 0 Å². The number of unbranched alkanes of at least 4 members (excludes halogenated alkanes) is 3. The predicted molar refractivity (Wildman–Crippen MR) is 93.4 cm³/mol. The quantitative estimate of drug-likeness (QED) is 0.542. The Kier molecular flexibility index (Phi) is 4.59. The third kappa shape index (κ3) is 2.85. The molecule has 0 N–H and O–H groups in total. The first-order valence-corrected chi connectivity index (χ1v) is 9.72. The molecule has 0 unspecified atom stereocenters. The summed E-state index contributed by atoms with van der Waals surface area (Å²) in [5, 5.41) is 0. The van der Waals surface area contributed by atoms with E-state index in [2.05, 4.69) is 22.9 Å². The van der Waals surface area contributed by atoms with Crippen molar-refractivity contribution in [3.63, 3.8) is 0 Å². The number of carbonyl (C=O) groups excluding carboxylic acids is 2. The topological polar surface area (TPSA) is 52.6 Å². The van der Waals surface area contributed by atoms with E-state index in [-0.39, 0.29) is 29.4 Å². The van der Waals surface area contributed by atoms with E-state index in [4.69, 9.17) is 9.31 Å². The van der Waals surface area contributed by atoms with Crippen molar-refractivity contribution in [2.24, 2.45) is 0 Å². The number of hydrogen-bond donors (Lipinski definition) is 0. The molecule has 0 amide bonds. The second kappa shape index (κ2) is 6.22. The molecule has 5 nitrogen and oxygen atoms in total. The smallest absolute Gasteiger partial charge is 0.596 e. The number of hydrogen-bond acceptors (Lipinski definition) is 5. The molecule has 2 saturated heterocycles. The highest BCUT2D eigenvalue weighted by atomic mass is 79.9. The summed E-state index contributed by atoms with van der Waals surface area (Å²) in [6.07, 6.45) is 5.78. The first-order valence-electron chi connectivity index (χ1n) is 8.11. The van der Waals surface area contributed by atoms with E-state index in [1.807, 2.05) is 13.1 Å². The number of quaternary nitrogens is 1. The van der Waals surface area contributed by atoms with Gasteiger partial charge in [0.1, 0.15) is 13.1 Å². The van der Waals surface area contributed by atoms with Gasteiger partial charge in [0.25, 0.3) is 0 Å². The van der Waals surface area contributed by atoms with Crippen LogP contribution in [0.3, 0.4) is 0 Å². The Bertz CT molecular complexity index is 627. The van der Waals surface area contributed by atoms with Gasteiger partial charge in [0.15, 0.2) is 0 Å². The van der Waals surface area contributed by atoms with Crippen molar-refractivity contribution in [3.8, 4) is 0 Å². The standard InChI is InChI=1S/C15H21BBrNO4S/c1-3-4-5-6-7-11-8-12(23-15(11)17)16-18(2,9-13(19)21-16)10-14(20)22-16/h8H,3-7,9-10H2,1-2H3. The van der Waals surface area contributed by atoms with Crippen molar-refractivity contribution in [2.45, 2.75) is 39.0 Å². The zero-order valence-corrected chi connectivity index (χ0v) is 15.9. The lowest BCUT2D eigenvalue weighted by Crippen LogP contribution is -2.66. The fourth-order valence-corrected chi connectivity index (χ4v) is 5.61. The Morgan fingerprint density at radius 1 is 1.22 bits per heavy atom. The number of fused-ring (bicyclic) bond motifs is 1. The van der Waals surface area contributed by atoms with Crippen molar-refractivity contribution in [3.05, 3.63) is 15.4 Å². The minimum atomic E-state index is -2.09. The average Bonchev–Trinajstić information content (AvgIpc) is 3.01. The number of halogens is 1. The summed E-state index contributed by atoms with van der Waals surface area (Å²) in [7, 11) is 1.87. The van der Waals surface area contributed by atoms with Gasteiger partial charge in [-0.2, -0.15) is 11.3 Å². The summed E-state index contributed by atoms with van der Waals surface area (Å²) in [4.78, 5) is 23.7. The summed E-state index contributed by atoms with van der Waals surface area (Å²) in [5.41, 5.74) is 1.20. The molecule has 0 radical (unpaired) electrons. The van der Waals surface area contributed by atoms with Gasteiger partial charge < -0.3 is 13.7 Å². The zero-order chi connectivity index (χ0) is 16.7. The molecule has 23 heavy (non-hydrogen) atoms. The molecule has 2 aliphatic rings. The average molecular weight is 402 g/mol. The third-order valence-electron chi connectivity index (χ3n) is 4.82. The monoisotopic (exact) mass is 401 g/mol. The predicted octanol–water partition coefficient (Wildman–Crippen LogP) is 2.34. The van der Waals surface area contributed by atoms with E-state index in [1.165, 1.54) is 36.2 Å². The second-order valence-electron chi connectivity index (χ2n) is 6.71. The number of rotatable bonds is 6. The normalized spacial score (nSPS) is 29.5. The molecule has 3 heterocycles. The van der Waals surface area contributed by atoms with E-state index >= 15 is 0 Å². The second-order valence-corrected chi connectivity index (χ2v) is 9.11. The van der Waals surface area contributed by atoms with Crippen molar-refractivity contribution < 1.29 is 23.3 Å². The van der Waals surface area contributed by atoms with Gasteiger partial charge in [-0.15, -0.1) is 0 Å². The van der Waals surface area contributed by atoms with Gasteiger partial charge >= 0.3 is 18.6 Å². The summed E-state index contributed by atoms with van der Waals surface area (Å²) < 4.78 is 13.3. The maximum Gasteiger partial charge on any atom is 0.624 e. The van der Waals surface area contributed by atoms with Crippen LogP contribution in [0.2, 0.25) is 0 Å². The zero-order valence-electron chi connectivity index (χ0n) is 13.5. The van der Waals surface area contributed by atoms with Crippen molar-refractivity contribution in [2.75, 3.05) is 20.1 Å². The molecule has 0 spiro atoms. The Labute approximate surface area is 148 Å². The molecular weight excluding hydrogens is 381 g/mol. The first kappa shape index (κ1) is 17.0. The Hall–Kier alpha value is -0.855. The van der Waals surface area contributed by atoms with Crippen LogP contribution in [-0.4, -0.2) is 43.2 Å². The summed E-state index contributed by atoms with van der Waals surface area (Å²) in [6, 6.07) is 2.05. The van der Waals surface area contributed by atoms with Gasteiger partial charge in [0, 0.05) is 11.8 Å². The summed E-state index contributed by atoms with van der Waals surface area (Å²) in [6.45, 7) is 0.484. The van der Waals surface area contributed by atoms with E-state index < -0.39 is 6.69 Å². The van der Waals surface area contributed by atoms with Gasteiger partial charge in [-0.3, -0.25) is 9.59 Å². The van der Waals surface area contributed by atoms with Gasteiger partial charge in [-0.1, -0.05) is 32.3 Å². The van der Waals surface area contributed by atoms with Gasteiger partial charge in [0.05, 0.1) is 3.79 Å². The molecule has 0 aliphatic carbocycles. The lowest BCUT2D eigenvalue weighted by molar-refractivity contribution is -0.791. The molecule has 2 aliphatic heterocycles. The van der Waals surface area contributed by atoms with Crippen LogP contribution >= 0.6 is 27.3 Å². The molecule has 0 atom stereocenters. The minimum absolute atomic E-state index is 0.188. The lowest BCUT2D eigenvalue weighted by atomic mass is 9.66. The van der Waals surface area contributed by atoms with Crippen LogP contribution < -0.4 is 4.78 Å². The first-order chi connectivity index (χ1) is 10.9. The van der Waals surface area contributed by atoms with E-state index in [0.717, 1.165) is 21.4 Å². The van der Waals surface area contributed by atoms with Gasteiger partial charge in [0.2, 0.25) is 0 Å². The minimum Gasteiger partial charge on any atom is -0.596 e. The maximum absolute atomic E-state index is 11.9. The lowest BCUT2D eigenvalue weighted by Gasteiger charge is -2.38. The molecule has 3 rings (SSSR count). The number of thiophene rings is 1. The molecule has 2 fully saturated rings. The van der Waals surface area contributed by atoms with E-state index in [9.17, 15) is 9.59 Å². The number of likely N-dealkylation sites (N-methyl/N-ethyl adjacent to an activating group) is 1. The molecule has 8 heteroatoms. The summed E-state index contributed by atoms with van der Waals surface area (Å²) in [5.74, 6) is -0.594. The number of aryl methyl sites for hydroxylation is 1. The van der Waals surface area contributed by atoms with Crippen LogP contribution in [-0.2, 0) is 25.3 Å². The van der Waals surface area contributed by atoms with Crippen molar-refractivity contribution in [1.29, 1.82) is 0 Å². The highest BCUT2D eigenvalue weighted by molar-refractivity contribution is 9.11. The molecule has 1 aromatic rings. The van der Waals surface area contributed by atoms with Crippen molar-refractivity contribution >= 4 is 50.7 Å². The molecule has 0 bridgehead atoms. The van der Waals surface area contributed by atoms with Crippen LogP contribution in [0.4, 0.5) is 0 Å². The highest BCUT2D eigenvalue weighted by Crippen LogP contribution is 2.37. The van der Waals surface area contributed by atoms with Crippen LogP contribution in [0.1, 0.15) is 38.2 Å².